The summed E-state index contributed by atoms with van der Waals surface area (Å²) < 4.78 is 2.33. The van der Waals surface area contributed by atoms with E-state index in [0.29, 0.717) is 0 Å². The second-order valence-electron chi connectivity index (χ2n) is 6.03. The van der Waals surface area contributed by atoms with Gasteiger partial charge in [-0.3, -0.25) is 5.32 Å². The van der Waals surface area contributed by atoms with E-state index in [2.05, 4.69) is 29.8 Å². The van der Waals surface area contributed by atoms with Crippen LogP contribution in [0.25, 0.3) is 0 Å². The van der Waals surface area contributed by atoms with E-state index < -0.39 is 5.54 Å². The lowest BCUT2D eigenvalue weighted by molar-refractivity contribution is 0.387. The highest BCUT2D eigenvalue weighted by Crippen LogP contribution is 2.23. The standard InChI is InChI=1S/C16H26N4/c1-4-10-18-16(3,12-17)9-11-20-13(2)19-14-7-5-6-8-15(14)20/h18H,4-11H2,1-3H3. The third kappa shape index (κ3) is 3.21. The van der Waals surface area contributed by atoms with E-state index >= 15 is 0 Å². The maximum Gasteiger partial charge on any atom is 0.106 e. The van der Waals surface area contributed by atoms with Crippen LogP contribution in [-0.2, 0) is 19.4 Å². The molecule has 1 aromatic rings. The van der Waals surface area contributed by atoms with Gasteiger partial charge >= 0.3 is 0 Å². The van der Waals surface area contributed by atoms with Crippen LogP contribution in [0.1, 0.15) is 56.7 Å². The van der Waals surface area contributed by atoms with Crippen molar-refractivity contribution in [1.29, 1.82) is 5.26 Å². The number of aryl methyl sites for hydroxylation is 2. The number of nitrogens with one attached hydrogen (secondary N) is 1. The van der Waals surface area contributed by atoms with Gasteiger partial charge in [0.2, 0.25) is 0 Å². The van der Waals surface area contributed by atoms with E-state index in [1.165, 1.54) is 24.2 Å². The van der Waals surface area contributed by atoms with Gasteiger partial charge in [-0.2, -0.15) is 5.26 Å². The van der Waals surface area contributed by atoms with Gasteiger partial charge in [0.05, 0.1) is 11.8 Å². The van der Waals surface area contributed by atoms with Gasteiger partial charge in [0, 0.05) is 12.2 Å². The Kier molecular flexibility index (Phi) is 4.82. The van der Waals surface area contributed by atoms with Crippen LogP contribution in [0.5, 0.6) is 0 Å². The van der Waals surface area contributed by atoms with Crippen LogP contribution in [-0.4, -0.2) is 21.6 Å². The number of aromatic nitrogens is 2. The number of nitrogens with zero attached hydrogens (tertiary/aromatic N) is 3. The zero-order valence-corrected chi connectivity index (χ0v) is 13.0. The Hall–Kier alpha value is -1.34. The molecule has 1 aliphatic carbocycles. The van der Waals surface area contributed by atoms with Crippen LogP contribution >= 0.6 is 0 Å². The minimum atomic E-state index is -0.436. The van der Waals surface area contributed by atoms with Gasteiger partial charge < -0.3 is 4.57 Å². The molecule has 0 amide bonds. The summed E-state index contributed by atoms with van der Waals surface area (Å²) in [5.74, 6) is 1.10. The van der Waals surface area contributed by atoms with E-state index in [4.69, 9.17) is 4.98 Å². The highest BCUT2D eigenvalue weighted by Gasteiger charge is 2.24. The average molecular weight is 274 g/mol. The molecule has 0 fully saturated rings. The average Bonchev–Trinajstić information content (AvgIpc) is 2.78. The highest BCUT2D eigenvalue weighted by molar-refractivity contribution is 5.20. The zero-order chi connectivity index (χ0) is 14.6. The van der Waals surface area contributed by atoms with Crippen molar-refractivity contribution in [2.24, 2.45) is 0 Å². The first-order valence-corrected chi connectivity index (χ1v) is 7.81. The van der Waals surface area contributed by atoms with Crippen LogP contribution in [0, 0.1) is 18.3 Å². The molecule has 0 saturated heterocycles. The Bertz CT molecular complexity index is 497. The van der Waals surface area contributed by atoms with Crippen molar-refractivity contribution in [3.05, 3.63) is 17.2 Å². The molecule has 0 aromatic carbocycles. The van der Waals surface area contributed by atoms with Gasteiger partial charge in [-0.05, 0) is 58.9 Å². The summed E-state index contributed by atoms with van der Waals surface area (Å²) in [6, 6.07) is 2.43. The lowest BCUT2D eigenvalue weighted by atomic mass is 9.98. The van der Waals surface area contributed by atoms with E-state index in [9.17, 15) is 5.26 Å². The predicted octanol–water partition coefficient (Wildman–Crippen LogP) is 2.74. The molecule has 0 radical (unpaired) electrons. The van der Waals surface area contributed by atoms with Crippen molar-refractivity contribution in [2.45, 2.75) is 71.4 Å². The van der Waals surface area contributed by atoms with Gasteiger partial charge in [-0.15, -0.1) is 0 Å². The molecule has 1 heterocycles. The Balaban J connectivity index is 2.07. The summed E-state index contributed by atoms with van der Waals surface area (Å²) in [6.07, 6.45) is 6.66. The number of rotatable bonds is 6. The number of imidazole rings is 1. The maximum absolute atomic E-state index is 9.41. The van der Waals surface area contributed by atoms with Crippen molar-refractivity contribution in [3.63, 3.8) is 0 Å². The summed E-state index contributed by atoms with van der Waals surface area (Å²) in [6.45, 7) is 7.99. The Morgan fingerprint density at radius 3 is 2.85 bits per heavy atom. The quantitative estimate of drug-likeness (QED) is 0.868. The van der Waals surface area contributed by atoms with Crippen LogP contribution in [0.2, 0.25) is 0 Å². The van der Waals surface area contributed by atoms with Crippen LogP contribution < -0.4 is 5.32 Å². The summed E-state index contributed by atoms with van der Waals surface area (Å²) >= 11 is 0. The third-order valence-corrected chi connectivity index (χ3v) is 4.27. The highest BCUT2D eigenvalue weighted by atomic mass is 15.1. The fourth-order valence-electron chi connectivity index (χ4n) is 2.95. The minimum absolute atomic E-state index is 0.436. The van der Waals surface area contributed by atoms with Gasteiger partial charge in [0.1, 0.15) is 11.4 Å². The first-order chi connectivity index (χ1) is 9.59. The van der Waals surface area contributed by atoms with Crippen molar-refractivity contribution < 1.29 is 0 Å². The van der Waals surface area contributed by atoms with E-state index in [-0.39, 0.29) is 0 Å². The van der Waals surface area contributed by atoms with Crippen molar-refractivity contribution in [1.82, 2.24) is 14.9 Å². The molecule has 1 atom stereocenters. The van der Waals surface area contributed by atoms with Crippen molar-refractivity contribution >= 4 is 0 Å². The van der Waals surface area contributed by atoms with E-state index in [1.807, 2.05) is 6.92 Å². The molecular formula is C16H26N4. The normalized spacial score (nSPS) is 17.3. The molecule has 0 spiro atoms. The van der Waals surface area contributed by atoms with Crippen molar-refractivity contribution in [3.8, 4) is 6.07 Å². The summed E-state index contributed by atoms with van der Waals surface area (Å²) in [5.41, 5.74) is 2.26. The Morgan fingerprint density at radius 2 is 2.15 bits per heavy atom. The monoisotopic (exact) mass is 274 g/mol. The smallest absolute Gasteiger partial charge is 0.106 e. The SMILES string of the molecule is CCCNC(C)(C#N)CCn1c(C)nc2c1CCCC2. The van der Waals surface area contributed by atoms with Crippen LogP contribution in [0.4, 0.5) is 0 Å². The molecule has 20 heavy (non-hydrogen) atoms. The molecule has 1 aromatic heterocycles. The summed E-state index contributed by atoms with van der Waals surface area (Å²) in [7, 11) is 0. The fourth-order valence-corrected chi connectivity index (χ4v) is 2.95. The predicted molar refractivity (Wildman–Crippen MR) is 80.5 cm³/mol. The maximum atomic E-state index is 9.41. The van der Waals surface area contributed by atoms with Crippen LogP contribution in [0.3, 0.4) is 0 Å². The number of hydrogen-bond acceptors (Lipinski definition) is 3. The van der Waals surface area contributed by atoms with Gasteiger partial charge in [0.15, 0.2) is 0 Å². The Morgan fingerprint density at radius 1 is 1.40 bits per heavy atom. The second-order valence-corrected chi connectivity index (χ2v) is 6.03. The molecule has 4 heteroatoms. The van der Waals surface area contributed by atoms with Gasteiger partial charge in [-0.1, -0.05) is 6.92 Å². The molecule has 4 nitrogen and oxygen atoms in total. The topological polar surface area (TPSA) is 53.6 Å². The minimum Gasteiger partial charge on any atom is -0.332 e. The fraction of sp³-hybridized carbons (Fsp3) is 0.750. The molecule has 1 aliphatic rings. The molecule has 110 valence electrons. The van der Waals surface area contributed by atoms with Gasteiger partial charge in [-0.25, -0.2) is 4.98 Å². The lowest BCUT2D eigenvalue weighted by Crippen LogP contribution is -2.42. The van der Waals surface area contributed by atoms with Crippen molar-refractivity contribution in [2.75, 3.05) is 6.54 Å². The number of fused-ring (bicyclic) bond motifs is 1. The molecule has 1 N–H and O–H groups in total. The second kappa shape index (κ2) is 6.41. The number of hydrogen-bond donors (Lipinski definition) is 1. The first kappa shape index (κ1) is 15.1. The molecule has 0 bridgehead atoms. The molecule has 2 rings (SSSR count). The third-order valence-electron chi connectivity index (χ3n) is 4.27. The molecular weight excluding hydrogens is 248 g/mol. The molecule has 1 unspecified atom stereocenters. The summed E-state index contributed by atoms with van der Waals surface area (Å²) in [4.78, 5) is 4.70. The molecule has 0 aliphatic heterocycles. The van der Waals surface area contributed by atoms with Gasteiger partial charge in [0.25, 0.3) is 0 Å². The largest absolute Gasteiger partial charge is 0.332 e. The summed E-state index contributed by atoms with van der Waals surface area (Å²) in [5, 5.41) is 12.8. The van der Waals surface area contributed by atoms with E-state index in [1.54, 1.807) is 0 Å². The van der Waals surface area contributed by atoms with Crippen LogP contribution in [0.15, 0.2) is 0 Å². The number of nitriles is 1. The molecule has 0 saturated carbocycles. The zero-order valence-electron chi connectivity index (χ0n) is 13.0. The van der Waals surface area contributed by atoms with E-state index in [0.717, 1.165) is 44.6 Å². The first-order valence-electron chi connectivity index (χ1n) is 7.81. The lowest BCUT2D eigenvalue weighted by Gasteiger charge is -2.24. The Labute approximate surface area is 122 Å².